The number of carbonyl (C=O) groups is 1. The number of unbranched alkanes of at least 4 members (excludes halogenated alkanes) is 1. The molecule has 1 heterocycles. The maximum absolute atomic E-state index is 12.9. The maximum atomic E-state index is 12.9. The number of nitrogens with zero attached hydrogens (tertiary/aromatic N) is 2. The van der Waals surface area contributed by atoms with Crippen LogP contribution < -0.4 is 10.1 Å². The van der Waals surface area contributed by atoms with E-state index in [-0.39, 0.29) is 23.9 Å². The van der Waals surface area contributed by atoms with E-state index in [4.69, 9.17) is 4.74 Å². The molecule has 2 aliphatic rings. The van der Waals surface area contributed by atoms with Gasteiger partial charge in [-0.05, 0) is 44.5 Å². The summed E-state index contributed by atoms with van der Waals surface area (Å²) >= 11 is 0. The molecular formula is C23H38ClN3O2. The summed E-state index contributed by atoms with van der Waals surface area (Å²) in [5.74, 6) is 0.799. The van der Waals surface area contributed by atoms with Crippen molar-refractivity contribution in [3.8, 4) is 5.75 Å². The monoisotopic (exact) mass is 423 g/mol. The van der Waals surface area contributed by atoms with Crippen LogP contribution in [-0.4, -0.2) is 67.6 Å². The minimum atomic E-state index is 0. The third-order valence-corrected chi connectivity index (χ3v) is 6.40. The molecule has 1 N–H and O–H groups in total. The van der Waals surface area contributed by atoms with Crippen molar-refractivity contribution in [3.63, 3.8) is 0 Å². The van der Waals surface area contributed by atoms with Crippen LogP contribution in [0.4, 0.5) is 0 Å². The molecule has 29 heavy (non-hydrogen) atoms. The Balaban J connectivity index is 0.00000300. The summed E-state index contributed by atoms with van der Waals surface area (Å²) in [6.45, 7) is 8.04. The minimum absolute atomic E-state index is 0. The fraction of sp³-hybridized carbons (Fsp3) is 0.696. The number of nitrogens with one attached hydrogen (secondary N) is 1. The van der Waals surface area contributed by atoms with Gasteiger partial charge in [-0.1, -0.05) is 38.7 Å². The molecule has 2 fully saturated rings. The van der Waals surface area contributed by atoms with Crippen LogP contribution in [0, 0.1) is 0 Å². The van der Waals surface area contributed by atoms with Crippen LogP contribution in [0.1, 0.15) is 62.2 Å². The highest BCUT2D eigenvalue weighted by Gasteiger charge is 2.39. The molecule has 1 saturated heterocycles. The van der Waals surface area contributed by atoms with Gasteiger partial charge in [-0.2, -0.15) is 0 Å². The van der Waals surface area contributed by atoms with Gasteiger partial charge >= 0.3 is 0 Å². The summed E-state index contributed by atoms with van der Waals surface area (Å²) in [4.78, 5) is 17.9. The van der Waals surface area contributed by atoms with Crippen LogP contribution in [0.2, 0.25) is 0 Å². The molecule has 6 heteroatoms. The van der Waals surface area contributed by atoms with E-state index >= 15 is 0 Å². The predicted molar refractivity (Wildman–Crippen MR) is 121 cm³/mol. The molecule has 0 radical (unpaired) electrons. The van der Waals surface area contributed by atoms with Crippen LogP contribution in [0.3, 0.4) is 0 Å². The van der Waals surface area contributed by atoms with E-state index in [0.29, 0.717) is 12.2 Å². The first-order chi connectivity index (χ1) is 13.6. The number of hydrogen-bond donors (Lipinski definition) is 1. The zero-order chi connectivity index (χ0) is 19.8. The maximum Gasteiger partial charge on any atom is 0.251 e. The Morgan fingerprint density at radius 1 is 1.14 bits per heavy atom. The second-order valence-corrected chi connectivity index (χ2v) is 8.49. The fourth-order valence-corrected chi connectivity index (χ4v) is 4.50. The average Bonchev–Trinajstić information content (AvgIpc) is 2.73. The second-order valence-electron chi connectivity index (χ2n) is 8.49. The molecule has 0 atom stereocenters. The van der Waals surface area contributed by atoms with E-state index in [0.717, 1.165) is 51.3 Å². The first-order valence-electron chi connectivity index (χ1n) is 11.1. The summed E-state index contributed by atoms with van der Waals surface area (Å²) in [7, 11) is 2.20. The van der Waals surface area contributed by atoms with Crippen LogP contribution in [0.25, 0.3) is 0 Å². The van der Waals surface area contributed by atoms with Gasteiger partial charge in [0.25, 0.3) is 5.91 Å². The highest BCUT2D eigenvalue weighted by Crippen LogP contribution is 2.34. The molecule has 0 bridgehead atoms. The third kappa shape index (κ3) is 6.59. The molecular weight excluding hydrogens is 386 g/mol. The first-order valence-corrected chi connectivity index (χ1v) is 11.1. The van der Waals surface area contributed by atoms with E-state index < -0.39 is 0 Å². The average molecular weight is 424 g/mol. The molecule has 1 aromatic rings. The van der Waals surface area contributed by atoms with Crippen molar-refractivity contribution in [1.82, 2.24) is 15.1 Å². The van der Waals surface area contributed by atoms with Crippen molar-refractivity contribution in [2.45, 2.75) is 57.4 Å². The Morgan fingerprint density at radius 2 is 1.86 bits per heavy atom. The van der Waals surface area contributed by atoms with E-state index in [1.165, 1.54) is 32.1 Å². The van der Waals surface area contributed by atoms with Crippen molar-refractivity contribution in [1.29, 1.82) is 0 Å². The molecule has 1 aliphatic heterocycles. The van der Waals surface area contributed by atoms with Gasteiger partial charge < -0.3 is 15.0 Å². The van der Waals surface area contributed by atoms with Crippen molar-refractivity contribution < 1.29 is 9.53 Å². The molecule has 0 spiro atoms. The van der Waals surface area contributed by atoms with Crippen molar-refractivity contribution in [3.05, 3.63) is 29.8 Å². The predicted octanol–water partition coefficient (Wildman–Crippen LogP) is 3.97. The summed E-state index contributed by atoms with van der Waals surface area (Å²) in [6.07, 6.45) is 8.37. The fourth-order valence-electron chi connectivity index (χ4n) is 4.50. The van der Waals surface area contributed by atoms with Gasteiger partial charge in [0.15, 0.2) is 0 Å². The largest absolute Gasteiger partial charge is 0.494 e. The molecule has 1 aliphatic carbocycles. The van der Waals surface area contributed by atoms with Gasteiger partial charge in [-0.25, -0.2) is 0 Å². The number of benzene rings is 1. The zero-order valence-corrected chi connectivity index (χ0v) is 18.9. The molecule has 0 unspecified atom stereocenters. The third-order valence-electron chi connectivity index (χ3n) is 6.40. The lowest BCUT2D eigenvalue weighted by atomic mass is 9.79. The Bertz CT molecular complexity index is 626. The van der Waals surface area contributed by atoms with Crippen LogP contribution >= 0.6 is 12.4 Å². The second kappa shape index (κ2) is 11.8. The number of carbonyl (C=O) groups excluding carboxylic acids is 1. The van der Waals surface area contributed by atoms with Crippen LogP contribution in [0.15, 0.2) is 24.3 Å². The van der Waals surface area contributed by atoms with Crippen molar-refractivity contribution >= 4 is 18.3 Å². The van der Waals surface area contributed by atoms with Crippen molar-refractivity contribution in [2.75, 3.05) is 46.4 Å². The zero-order valence-electron chi connectivity index (χ0n) is 18.1. The van der Waals surface area contributed by atoms with Crippen molar-refractivity contribution in [2.24, 2.45) is 0 Å². The summed E-state index contributed by atoms with van der Waals surface area (Å²) in [6, 6.07) is 7.59. The number of rotatable bonds is 8. The van der Waals surface area contributed by atoms with Gasteiger partial charge in [0.2, 0.25) is 0 Å². The Morgan fingerprint density at radius 3 is 2.55 bits per heavy atom. The molecule has 5 nitrogen and oxygen atoms in total. The Labute approximate surface area is 182 Å². The first kappa shape index (κ1) is 24.0. The van der Waals surface area contributed by atoms with Gasteiger partial charge in [0.1, 0.15) is 5.75 Å². The number of halogens is 1. The molecule has 3 rings (SSSR count). The number of piperazine rings is 1. The highest BCUT2D eigenvalue weighted by molar-refractivity contribution is 5.94. The highest BCUT2D eigenvalue weighted by atomic mass is 35.5. The smallest absolute Gasteiger partial charge is 0.251 e. The quantitative estimate of drug-likeness (QED) is 0.642. The number of amides is 1. The van der Waals surface area contributed by atoms with Crippen LogP contribution in [-0.2, 0) is 0 Å². The van der Waals surface area contributed by atoms with Gasteiger partial charge in [-0.15, -0.1) is 12.4 Å². The number of ether oxygens (including phenoxy) is 1. The Kier molecular flexibility index (Phi) is 9.73. The lowest BCUT2D eigenvalue weighted by Crippen LogP contribution is -2.61. The van der Waals surface area contributed by atoms with Gasteiger partial charge in [0, 0.05) is 43.8 Å². The SMILES string of the molecule is CCCCOc1cccc(C(=O)NCC2(N3CCN(C)CC3)CCCCC2)c1.Cl. The number of likely N-dealkylation sites (N-methyl/N-ethyl adjacent to an activating group) is 1. The number of hydrogen-bond acceptors (Lipinski definition) is 4. The topological polar surface area (TPSA) is 44.8 Å². The lowest BCUT2D eigenvalue weighted by molar-refractivity contribution is 0.0138. The minimum Gasteiger partial charge on any atom is -0.494 e. The van der Waals surface area contributed by atoms with E-state index in [1.807, 2.05) is 24.3 Å². The lowest BCUT2D eigenvalue weighted by Gasteiger charge is -2.49. The molecule has 1 amide bonds. The van der Waals surface area contributed by atoms with Crippen LogP contribution in [0.5, 0.6) is 5.75 Å². The molecule has 0 aromatic heterocycles. The van der Waals surface area contributed by atoms with E-state index in [9.17, 15) is 4.79 Å². The molecule has 1 aromatic carbocycles. The summed E-state index contributed by atoms with van der Waals surface area (Å²) in [5, 5.41) is 3.26. The summed E-state index contributed by atoms with van der Waals surface area (Å²) in [5.41, 5.74) is 0.822. The van der Waals surface area contributed by atoms with Gasteiger partial charge in [0.05, 0.1) is 6.61 Å². The standard InChI is InChI=1S/C23H37N3O2.ClH/c1-3-4-17-28-21-10-8-9-20(18-21)22(27)24-19-23(11-6-5-7-12-23)26-15-13-25(2)14-16-26;/h8-10,18H,3-7,11-17,19H2,1-2H3,(H,24,27);1H. The Hall–Kier alpha value is -1.30. The van der Waals surface area contributed by atoms with Gasteiger partial charge in [-0.3, -0.25) is 9.69 Å². The summed E-state index contributed by atoms with van der Waals surface area (Å²) < 4.78 is 5.76. The van der Waals surface area contributed by atoms with E-state index in [1.54, 1.807) is 0 Å². The normalized spacial score (nSPS) is 19.9. The molecule has 1 saturated carbocycles. The molecule has 164 valence electrons. The van der Waals surface area contributed by atoms with E-state index in [2.05, 4.69) is 29.1 Å².